The lowest BCUT2D eigenvalue weighted by molar-refractivity contribution is 0.394. The van der Waals surface area contributed by atoms with E-state index in [1.165, 1.54) is 0 Å². The van der Waals surface area contributed by atoms with Crippen molar-refractivity contribution in [3.8, 4) is 22.5 Å². The molecule has 0 saturated heterocycles. The van der Waals surface area contributed by atoms with Crippen LogP contribution in [0.1, 0.15) is 30.5 Å². The van der Waals surface area contributed by atoms with Gasteiger partial charge in [-0.2, -0.15) is 4.98 Å². The van der Waals surface area contributed by atoms with E-state index in [9.17, 15) is 4.79 Å². The predicted molar refractivity (Wildman–Crippen MR) is 102 cm³/mol. The molecular formula is C21H18N4O2. The van der Waals surface area contributed by atoms with Crippen LogP contribution in [0, 0.1) is 6.92 Å². The van der Waals surface area contributed by atoms with Crippen molar-refractivity contribution in [3.05, 3.63) is 64.5 Å². The lowest BCUT2D eigenvalue weighted by Gasteiger charge is -2.09. The molecule has 6 nitrogen and oxygen atoms in total. The average molecular weight is 358 g/mol. The Balaban J connectivity index is 1.56. The first kappa shape index (κ1) is 15.9. The first-order chi connectivity index (χ1) is 13.1. The minimum absolute atomic E-state index is 0.0163. The fraction of sp³-hybridized carbons (Fsp3) is 0.238. The Morgan fingerprint density at radius 3 is 2.37 bits per heavy atom. The Bertz CT molecular complexity index is 1220. The number of rotatable bonds is 3. The monoisotopic (exact) mass is 358 g/mol. The van der Waals surface area contributed by atoms with E-state index in [1.807, 2.05) is 49.5 Å². The molecule has 1 aliphatic carbocycles. The molecule has 1 aliphatic rings. The van der Waals surface area contributed by atoms with Crippen LogP contribution in [0.3, 0.4) is 0 Å². The molecule has 5 rings (SSSR count). The Morgan fingerprint density at radius 2 is 1.70 bits per heavy atom. The molecule has 2 aromatic heterocycles. The van der Waals surface area contributed by atoms with Crippen molar-refractivity contribution in [3.63, 3.8) is 0 Å². The minimum atomic E-state index is 0.0163. The molecule has 0 atom stereocenters. The van der Waals surface area contributed by atoms with Crippen LogP contribution in [-0.4, -0.2) is 19.7 Å². The first-order valence-electron chi connectivity index (χ1n) is 9.02. The highest BCUT2D eigenvalue weighted by molar-refractivity contribution is 5.84. The van der Waals surface area contributed by atoms with Gasteiger partial charge in [-0.1, -0.05) is 35.5 Å². The molecule has 2 heterocycles. The van der Waals surface area contributed by atoms with Gasteiger partial charge in [0.25, 0.3) is 5.56 Å². The van der Waals surface area contributed by atoms with Crippen LogP contribution in [0.15, 0.2) is 51.8 Å². The van der Waals surface area contributed by atoms with E-state index in [4.69, 9.17) is 9.51 Å². The van der Waals surface area contributed by atoms with Crippen molar-refractivity contribution >= 4 is 10.9 Å². The summed E-state index contributed by atoms with van der Waals surface area (Å²) in [5, 5.41) is 4.59. The van der Waals surface area contributed by atoms with Gasteiger partial charge in [0.1, 0.15) is 5.82 Å². The molecule has 2 aromatic carbocycles. The third-order valence-electron chi connectivity index (χ3n) is 5.06. The largest absolute Gasteiger partial charge is 0.339 e. The molecule has 0 amide bonds. The number of benzene rings is 2. The third kappa shape index (κ3) is 2.73. The van der Waals surface area contributed by atoms with Gasteiger partial charge in [-0.3, -0.25) is 9.36 Å². The van der Waals surface area contributed by atoms with Crippen LogP contribution < -0.4 is 5.56 Å². The maximum atomic E-state index is 12.8. The maximum Gasteiger partial charge on any atom is 0.261 e. The van der Waals surface area contributed by atoms with E-state index in [1.54, 1.807) is 11.5 Å². The van der Waals surface area contributed by atoms with Gasteiger partial charge in [-0.15, -0.1) is 0 Å². The summed E-state index contributed by atoms with van der Waals surface area (Å²) in [6, 6.07) is 13.8. The number of nitrogens with zero attached hydrogens (tertiary/aromatic N) is 4. The minimum Gasteiger partial charge on any atom is -0.339 e. The molecule has 0 N–H and O–H groups in total. The van der Waals surface area contributed by atoms with Crippen molar-refractivity contribution in [2.45, 2.75) is 25.7 Å². The average Bonchev–Trinajstić information content (AvgIpc) is 3.45. The van der Waals surface area contributed by atoms with Crippen LogP contribution in [0.25, 0.3) is 33.4 Å². The van der Waals surface area contributed by atoms with Gasteiger partial charge in [0, 0.05) is 25.5 Å². The van der Waals surface area contributed by atoms with Crippen LogP contribution in [0.5, 0.6) is 0 Å². The van der Waals surface area contributed by atoms with Gasteiger partial charge >= 0.3 is 0 Å². The van der Waals surface area contributed by atoms with E-state index in [2.05, 4.69) is 10.1 Å². The van der Waals surface area contributed by atoms with Gasteiger partial charge in [0.15, 0.2) is 0 Å². The SMILES string of the molecule is Cc1nc(-c2ccc(-c3ccc4nc(C5CC5)n(C)c(=O)c4c3)cc2)no1. The maximum absolute atomic E-state index is 12.8. The first-order valence-corrected chi connectivity index (χ1v) is 9.02. The Hall–Kier alpha value is -3.28. The highest BCUT2D eigenvalue weighted by Gasteiger charge is 2.28. The van der Waals surface area contributed by atoms with Gasteiger partial charge < -0.3 is 4.52 Å². The topological polar surface area (TPSA) is 73.8 Å². The van der Waals surface area contributed by atoms with E-state index in [0.29, 0.717) is 23.0 Å². The Morgan fingerprint density at radius 1 is 1.00 bits per heavy atom. The van der Waals surface area contributed by atoms with Crippen LogP contribution in [0.2, 0.25) is 0 Å². The number of aryl methyl sites for hydroxylation is 1. The smallest absolute Gasteiger partial charge is 0.261 e. The second kappa shape index (κ2) is 5.87. The van der Waals surface area contributed by atoms with Crippen molar-refractivity contribution in [2.75, 3.05) is 0 Å². The van der Waals surface area contributed by atoms with Crippen molar-refractivity contribution < 1.29 is 4.52 Å². The quantitative estimate of drug-likeness (QED) is 0.556. The molecule has 134 valence electrons. The standard InChI is InChI=1S/C21H18N4O2/c1-12-22-19(24-27-12)14-5-3-13(4-6-14)16-9-10-18-17(11-16)21(26)25(2)20(23-18)15-7-8-15/h3-6,9-11,15H,7-8H2,1-2H3. The van der Waals surface area contributed by atoms with Gasteiger partial charge in [-0.25, -0.2) is 4.98 Å². The fourth-order valence-corrected chi connectivity index (χ4v) is 3.40. The Kier molecular flexibility index (Phi) is 3.47. The van der Waals surface area contributed by atoms with Crippen LogP contribution in [-0.2, 0) is 7.05 Å². The van der Waals surface area contributed by atoms with E-state index >= 15 is 0 Å². The molecule has 27 heavy (non-hydrogen) atoms. The lowest BCUT2D eigenvalue weighted by atomic mass is 10.0. The zero-order valence-electron chi connectivity index (χ0n) is 15.1. The van der Waals surface area contributed by atoms with Crippen molar-refractivity contribution in [2.24, 2.45) is 7.05 Å². The zero-order chi connectivity index (χ0) is 18.5. The second-order valence-corrected chi connectivity index (χ2v) is 7.05. The van der Waals surface area contributed by atoms with E-state index in [-0.39, 0.29) is 5.56 Å². The summed E-state index contributed by atoms with van der Waals surface area (Å²) in [7, 11) is 1.82. The summed E-state index contributed by atoms with van der Waals surface area (Å²) in [6.45, 7) is 1.77. The number of aromatic nitrogens is 4. The van der Waals surface area contributed by atoms with Crippen molar-refractivity contribution in [1.29, 1.82) is 0 Å². The third-order valence-corrected chi connectivity index (χ3v) is 5.06. The van der Waals surface area contributed by atoms with E-state index < -0.39 is 0 Å². The Labute approximate surface area is 155 Å². The number of hydrogen-bond acceptors (Lipinski definition) is 5. The molecule has 0 radical (unpaired) electrons. The van der Waals surface area contributed by atoms with Gasteiger partial charge in [-0.05, 0) is 36.1 Å². The molecular weight excluding hydrogens is 340 g/mol. The highest BCUT2D eigenvalue weighted by Crippen LogP contribution is 2.38. The molecule has 1 saturated carbocycles. The van der Waals surface area contributed by atoms with Gasteiger partial charge in [0.2, 0.25) is 11.7 Å². The summed E-state index contributed by atoms with van der Waals surface area (Å²) in [4.78, 5) is 21.8. The van der Waals surface area contributed by atoms with Gasteiger partial charge in [0.05, 0.1) is 10.9 Å². The number of hydrogen-bond donors (Lipinski definition) is 0. The summed E-state index contributed by atoms with van der Waals surface area (Å²) < 4.78 is 6.73. The lowest BCUT2D eigenvalue weighted by Crippen LogP contribution is -2.22. The van der Waals surface area contributed by atoms with Crippen LogP contribution in [0.4, 0.5) is 0 Å². The molecule has 0 aliphatic heterocycles. The highest BCUT2D eigenvalue weighted by atomic mass is 16.5. The summed E-state index contributed by atoms with van der Waals surface area (Å²) in [5.74, 6) is 2.45. The summed E-state index contributed by atoms with van der Waals surface area (Å²) in [6.07, 6.45) is 2.24. The zero-order valence-corrected chi connectivity index (χ0v) is 15.1. The molecule has 0 bridgehead atoms. The fourth-order valence-electron chi connectivity index (χ4n) is 3.40. The second-order valence-electron chi connectivity index (χ2n) is 7.05. The summed E-state index contributed by atoms with van der Waals surface area (Å²) >= 11 is 0. The number of fused-ring (bicyclic) bond motifs is 1. The predicted octanol–water partition coefficient (Wildman–Crippen LogP) is 3.84. The molecule has 1 fully saturated rings. The summed E-state index contributed by atoms with van der Waals surface area (Å²) in [5.41, 5.74) is 3.68. The molecule has 4 aromatic rings. The molecule has 0 unspecified atom stereocenters. The molecule has 6 heteroatoms. The van der Waals surface area contributed by atoms with E-state index in [0.717, 1.165) is 40.9 Å². The van der Waals surface area contributed by atoms with Crippen LogP contribution >= 0.6 is 0 Å². The molecule has 0 spiro atoms. The van der Waals surface area contributed by atoms with Crippen molar-refractivity contribution in [1.82, 2.24) is 19.7 Å². The normalized spacial score (nSPS) is 14.0.